The fraction of sp³-hybridized carbons (Fsp3) is 0.588. The first-order chi connectivity index (χ1) is 10.3. The number of para-hydroxylation sites is 1. The van der Waals surface area contributed by atoms with Gasteiger partial charge in [0.15, 0.2) is 0 Å². The van der Waals surface area contributed by atoms with Gasteiger partial charge in [-0.1, -0.05) is 24.6 Å². The Bertz CT molecular complexity index is 587. The van der Waals surface area contributed by atoms with Gasteiger partial charge < -0.3 is 5.32 Å². The molecule has 0 aliphatic carbocycles. The predicted octanol–water partition coefficient (Wildman–Crippen LogP) is 3.47. The molecule has 2 aromatic rings. The summed E-state index contributed by atoms with van der Waals surface area (Å²) in [5.41, 5.74) is 2.51. The third-order valence-corrected chi connectivity index (χ3v) is 6.00. The Balaban J connectivity index is 1.85. The third-order valence-electron chi connectivity index (χ3n) is 4.48. The second kappa shape index (κ2) is 6.84. The Morgan fingerprint density at radius 2 is 2.24 bits per heavy atom. The molecule has 2 heterocycles. The molecule has 0 radical (unpaired) electrons. The molecular formula is C17H25N3S. The summed E-state index contributed by atoms with van der Waals surface area (Å²) in [4.78, 5) is 0. The highest BCUT2D eigenvalue weighted by Crippen LogP contribution is 2.30. The average molecular weight is 303 g/mol. The first-order valence-corrected chi connectivity index (χ1v) is 9.11. The first-order valence-electron chi connectivity index (χ1n) is 8.06. The number of aromatic nitrogens is 2. The van der Waals surface area contributed by atoms with E-state index in [0.717, 1.165) is 18.2 Å². The lowest BCUT2D eigenvalue weighted by molar-refractivity contribution is 0.488. The van der Waals surface area contributed by atoms with Crippen molar-refractivity contribution >= 4 is 22.7 Å². The Morgan fingerprint density at radius 3 is 2.95 bits per heavy atom. The van der Waals surface area contributed by atoms with E-state index in [1.165, 1.54) is 41.6 Å². The SMILES string of the molecule is CCn1nc(CC(NC)C2CCCCS2)c2ccccc21. The molecule has 1 aliphatic heterocycles. The molecule has 0 bridgehead atoms. The van der Waals surface area contributed by atoms with Crippen molar-refractivity contribution in [3.8, 4) is 0 Å². The van der Waals surface area contributed by atoms with Crippen LogP contribution < -0.4 is 5.32 Å². The zero-order chi connectivity index (χ0) is 14.7. The molecule has 0 amide bonds. The van der Waals surface area contributed by atoms with Crippen LogP contribution in [-0.4, -0.2) is 33.9 Å². The monoisotopic (exact) mass is 303 g/mol. The van der Waals surface area contributed by atoms with Crippen molar-refractivity contribution in [2.45, 2.75) is 50.4 Å². The molecule has 114 valence electrons. The van der Waals surface area contributed by atoms with E-state index in [0.29, 0.717) is 6.04 Å². The van der Waals surface area contributed by atoms with E-state index in [1.54, 1.807) is 0 Å². The maximum Gasteiger partial charge on any atom is 0.0719 e. The molecule has 3 rings (SSSR count). The van der Waals surface area contributed by atoms with Crippen molar-refractivity contribution in [3.63, 3.8) is 0 Å². The molecule has 0 spiro atoms. The number of rotatable bonds is 5. The normalized spacial score (nSPS) is 20.8. The quantitative estimate of drug-likeness (QED) is 0.917. The summed E-state index contributed by atoms with van der Waals surface area (Å²) >= 11 is 2.14. The van der Waals surface area contributed by atoms with Gasteiger partial charge in [-0.3, -0.25) is 4.68 Å². The summed E-state index contributed by atoms with van der Waals surface area (Å²) < 4.78 is 2.13. The van der Waals surface area contributed by atoms with Crippen LogP contribution in [0.4, 0.5) is 0 Å². The lowest BCUT2D eigenvalue weighted by atomic mass is 10.0. The van der Waals surface area contributed by atoms with E-state index in [2.05, 4.69) is 60.0 Å². The molecule has 4 heteroatoms. The predicted molar refractivity (Wildman–Crippen MR) is 92.1 cm³/mol. The zero-order valence-electron chi connectivity index (χ0n) is 13.0. The number of likely N-dealkylation sites (N-methyl/N-ethyl adjacent to an activating group) is 1. The van der Waals surface area contributed by atoms with Crippen LogP contribution in [0.15, 0.2) is 24.3 Å². The van der Waals surface area contributed by atoms with Crippen LogP contribution in [0.25, 0.3) is 10.9 Å². The van der Waals surface area contributed by atoms with Crippen LogP contribution in [0.3, 0.4) is 0 Å². The number of benzene rings is 1. The molecule has 21 heavy (non-hydrogen) atoms. The van der Waals surface area contributed by atoms with Crippen LogP contribution >= 0.6 is 11.8 Å². The van der Waals surface area contributed by atoms with Gasteiger partial charge in [-0.05, 0) is 38.6 Å². The summed E-state index contributed by atoms with van der Waals surface area (Å²) in [5.74, 6) is 1.31. The summed E-state index contributed by atoms with van der Waals surface area (Å²) in [7, 11) is 2.10. The Morgan fingerprint density at radius 1 is 1.38 bits per heavy atom. The highest BCUT2D eigenvalue weighted by atomic mass is 32.2. The van der Waals surface area contributed by atoms with Crippen LogP contribution in [0.5, 0.6) is 0 Å². The molecule has 1 aliphatic rings. The Hall–Kier alpha value is -1.00. The molecule has 0 saturated carbocycles. The number of nitrogens with one attached hydrogen (secondary N) is 1. The maximum absolute atomic E-state index is 4.86. The van der Waals surface area contributed by atoms with Crippen molar-refractivity contribution in [1.82, 2.24) is 15.1 Å². The molecule has 1 aromatic heterocycles. The second-order valence-corrected chi connectivity index (χ2v) is 7.13. The Kier molecular flexibility index (Phi) is 4.86. The van der Waals surface area contributed by atoms with Crippen molar-refractivity contribution < 1.29 is 0 Å². The minimum atomic E-state index is 0.527. The molecule has 2 atom stereocenters. The zero-order valence-corrected chi connectivity index (χ0v) is 13.8. The topological polar surface area (TPSA) is 29.9 Å². The number of aryl methyl sites for hydroxylation is 1. The van der Waals surface area contributed by atoms with Gasteiger partial charge >= 0.3 is 0 Å². The number of fused-ring (bicyclic) bond motifs is 1. The smallest absolute Gasteiger partial charge is 0.0719 e. The second-order valence-electron chi connectivity index (χ2n) is 5.78. The molecule has 1 aromatic carbocycles. The van der Waals surface area contributed by atoms with Crippen molar-refractivity contribution in [2.24, 2.45) is 0 Å². The highest BCUT2D eigenvalue weighted by Gasteiger charge is 2.25. The first kappa shape index (κ1) is 14.9. The van der Waals surface area contributed by atoms with Crippen molar-refractivity contribution in [1.29, 1.82) is 0 Å². The van der Waals surface area contributed by atoms with E-state index in [1.807, 2.05) is 0 Å². The lowest BCUT2D eigenvalue weighted by Crippen LogP contribution is -2.39. The van der Waals surface area contributed by atoms with Gasteiger partial charge in [0.2, 0.25) is 0 Å². The largest absolute Gasteiger partial charge is 0.316 e. The van der Waals surface area contributed by atoms with Gasteiger partial charge in [-0.15, -0.1) is 0 Å². The lowest BCUT2D eigenvalue weighted by Gasteiger charge is -2.29. The fourth-order valence-corrected chi connectivity index (χ4v) is 4.77. The van der Waals surface area contributed by atoms with E-state index >= 15 is 0 Å². The van der Waals surface area contributed by atoms with Crippen LogP contribution in [0, 0.1) is 0 Å². The van der Waals surface area contributed by atoms with Crippen LogP contribution in [-0.2, 0) is 13.0 Å². The van der Waals surface area contributed by atoms with Gasteiger partial charge in [0, 0.05) is 29.6 Å². The molecule has 2 unspecified atom stereocenters. The number of thioether (sulfide) groups is 1. The summed E-state index contributed by atoms with van der Waals surface area (Å²) in [5, 5.41) is 10.5. The maximum atomic E-state index is 4.86. The van der Waals surface area contributed by atoms with Crippen molar-refractivity contribution in [2.75, 3.05) is 12.8 Å². The van der Waals surface area contributed by atoms with E-state index < -0.39 is 0 Å². The summed E-state index contributed by atoms with van der Waals surface area (Å²) in [6.07, 6.45) is 5.12. The number of hydrogen-bond acceptors (Lipinski definition) is 3. The van der Waals surface area contributed by atoms with Crippen LogP contribution in [0.1, 0.15) is 31.9 Å². The van der Waals surface area contributed by atoms with Gasteiger partial charge in [-0.2, -0.15) is 16.9 Å². The summed E-state index contributed by atoms with van der Waals surface area (Å²) in [6, 6.07) is 9.15. The third kappa shape index (κ3) is 3.11. The number of nitrogens with zero attached hydrogens (tertiary/aromatic N) is 2. The molecular weight excluding hydrogens is 278 g/mol. The van der Waals surface area contributed by atoms with Gasteiger partial charge in [0.1, 0.15) is 0 Å². The Labute approximate surface area is 131 Å². The summed E-state index contributed by atoms with van der Waals surface area (Å²) in [6.45, 7) is 3.10. The van der Waals surface area contributed by atoms with Gasteiger partial charge in [0.05, 0.1) is 11.2 Å². The average Bonchev–Trinajstić information content (AvgIpc) is 2.91. The molecule has 3 nitrogen and oxygen atoms in total. The molecule has 1 fully saturated rings. The van der Waals surface area contributed by atoms with E-state index in [9.17, 15) is 0 Å². The highest BCUT2D eigenvalue weighted by molar-refractivity contribution is 8.00. The minimum absolute atomic E-state index is 0.527. The molecule has 1 N–H and O–H groups in total. The standard InChI is InChI=1S/C17H25N3S/c1-3-20-16-9-5-4-8-13(16)14(19-20)12-15(18-2)17-10-6-7-11-21-17/h4-5,8-9,15,17-18H,3,6-7,10-12H2,1-2H3. The van der Waals surface area contributed by atoms with E-state index in [4.69, 9.17) is 5.10 Å². The van der Waals surface area contributed by atoms with Gasteiger partial charge in [0.25, 0.3) is 0 Å². The minimum Gasteiger partial charge on any atom is -0.316 e. The number of hydrogen-bond donors (Lipinski definition) is 1. The van der Waals surface area contributed by atoms with Crippen LogP contribution in [0.2, 0.25) is 0 Å². The molecule has 1 saturated heterocycles. The van der Waals surface area contributed by atoms with Crippen molar-refractivity contribution in [3.05, 3.63) is 30.0 Å². The van der Waals surface area contributed by atoms with Gasteiger partial charge in [-0.25, -0.2) is 0 Å². The fourth-order valence-electron chi connectivity index (χ4n) is 3.30. The van der Waals surface area contributed by atoms with E-state index in [-0.39, 0.29) is 0 Å².